The molecule has 3 heteroatoms. The summed E-state index contributed by atoms with van der Waals surface area (Å²) in [5, 5.41) is 9.64. The van der Waals surface area contributed by atoms with E-state index in [9.17, 15) is 5.11 Å². The maximum atomic E-state index is 9.64. The number of hydrogen-bond donors (Lipinski definition) is 1. The van der Waals surface area contributed by atoms with E-state index < -0.39 is 0 Å². The maximum Gasteiger partial charge on any atom is 0.0610 e. The van der Waals surface area contributed by atoms with Crippen LogP contribution in [0.1, 0.15) is 59.4 Å². The number of aliphatic hydroxyl groups excluding tert-OH is 1. The number of para-hydroxylation sites is 1. The largest absolute Gasteiger partial charge is 0.395 e. The van der Waals surface area contributed by atoms with Crippen LogP contribution in [0.4, 0.5) is 5.69 Å². The van der Waals surface area contributed by atoms with Gasteiger partial charge in [0.1, 0.15) is 0 Å². The Labute approximate surface area is 212 Å². The minimum atomic E-state index is -0.0866. The highest BCUT2D eigenvalue weighted by Crippen LogP contribution is 2.49. The minimum Gasteiger partial charge on any atom is -0.395 e. The number of rotatable bonds is 8. The molecule has 0 bridgehead atoms. The molecule has 1 aliphatic carbocycles. The summed E-state index contributed by atoms with van der Waals surface area (Å²) in [6, 6.07) is 8.90. The van der Waals surface area contributed by atoms with Crippen molar-refractivity contribution in [3.05, 3.63) is 101 Å². The predicted molar refractivity (Wildman–Crippen MR) is 149 cm³/mol. The number of allylic oxidation sites excluding steroid dienone is 10. The Morgan fingerprint density at radius 2 is 1.66 bits per heavy atom. The molecule has 1 N–H and O–H groups in total. The van der Waals surface area contributed by atoms with Crippen LogP contribution in [0.2, 0.25) is 0 Å². The molecule has 0 saturated carbocycles. The van der Waals surface area contributed by atoms with Gasteiger partial charge in [0.2, 0.25) is 0 Å². The molecule has 0 aromatic heterocycles. The van der Waals surface area contributed by atoms with Crippen molar-refractivity contribution in [2.75, 3.05) is 24.6 Å². The lowest BCUT2D eigenvalue weighted by molar-refractivity contribution is 0.250. The summed E-state index contributed by atoms with van der Waals surface area (Å²) in [7, 11) is 0. The number of anilines is 1. The number of nitrogens with zero attached hydrogens (tertiary/aromatic N) is 2. The third-order valence-corrected chi connectivity index (χ3v) is 7.79. The van der Waals surface area contributed by atoms with Gasteiger partial charge in [0.05, 0.1) is 12.6 Å². The van der Waals surface area contributed by atoms with Gasteiger partial charge in [0, 0.05) is 41.0 Å². The fourth-order valence-corrected chi connectivity index (χ4v) is 6.06. The average molecular weight is 471 g/mol. The van der Waals surface area contributed by atoms with Crippen LogP contribution in [-0.4, -0.2) is 35.7 Å². The summed E-state index contributed by atoms with van der Waals surface area (Å²) >= 11 is 0. The Morgan fingerprint density at radius 1 is 0.943 bits per heavy atom. The molecule has 1 unspecified atom stereocenters. The number of aliphatic hydroxyl groups is 1. The van der Waals surface area contributed by atoms with Gasteiger partial charge in [0.25, 0.3) is 0 Å². The van der Waals surface area contributed by atoms with Crippen molar-refractivity contribution in [3.63, 3.8) is 0 Å². The van der Waals surface area contributed by atoms with E-state index in [0.29, 0.717) is 12.6 Å². The Hall–Kier alpha value is -2.78. The molecule has 4 rings (SSSR count). The number of β-amino-alcohol motifs (C(OH)–C–C–N with tert-alkyl or cyclic N) is 1. The molecule has 1 saturated heterocycles. The smallest absolute Gasteiger partial charge is 0.0610 e. The number of hydrogen-bond acceptors (Lipinski definition) is 3. The number of benzene rings is 1. The lowest BCUT2D eigenvalue weighted by atomic mass is 9.78. The van der Waals surface area contributed by atoms with Gasteiger partial charge in [-0.05, 0) is 42.5 Å². The fourth-order valence-electron chi connectivity index (χ4n) is 6.06. The van der Waals surface area contributed by atoms with Gasteiger partial charge in [-0.2, -0.15) is 0 Å². The van der Waals surface area contributed by atoms with E-state index >= 15 is 0 Å². The van der Waals surface area contributed by atoms with E-state index in [1.54, 1.807) is 0 Å². The second-order valence-corrected chi connectivity index (χ2v) is 10.9. The van der Waals surface area contributed by atoms with E-state index in [0.717, 1.165) is 25.8 Å². The molecule has 1 atom stereocenters. The van der Waals surface area contributed by atoms with Gasteiger partial charge in [-0.3, -0.25) is 0 Å². The van der Waals surface area contributed by atoms with Crippen molar-refractivity contribution in [3.8, 4) is 0 Å². The van der Waals surface area contributed by atoms with Gasteiger partial charge in [-0.15, -0.1) is 0 Å². The normalized spacial score (nSPS) is 24.1. The summed E-state index contributed by atoms with van der Waals surface area (Å²) in [6.07, 6.45) is 23.6. The molecule has 3 aliphatic rings. The van der Waals surface area contributed by atoms with Gasteiger partial charge in [-0.25, -0.2) is 0 Å². The summed E-state index contributed by atoms with van der Waals surface area (Å²) < 4.78 is 0. The quantitative estimate of drug-likeness (QED) is 0.412. The Balaban J connectivity index is 1.47. The van der Waals surface area contributed by atoms with Crippen molar-refractivity contribution in [1.29, 1.82) is 0 Å². The molecule has 2 heterocycles. The molecule has 0 radical (unpaired) electrons. The second kappa shape index (κ2) is 10.5. The molecule has 1 aromatic carbocycles. The van der Waals surface area contributed by atoms with E-state index in [1.165, 1.54) is 28.2 Å². The van der Waals surface area contributed by atoms with Crippen LogP contribution >= 0.6 is 0 Å². The van der Waals surface area contributed by atoms with E-state index in [4.69, 9.17) is 0 Å². The van der Waals surface area contributed by atoms with E-state index in [1.807, 2.05) is 0 Å². The molecule has 0 spiro atoms. The van der Waals surface area contributed by atoms with Gasteiger partial charge >= 0.3 is 0 Å². The molecule has 35 heavy (non-hydrogen) atoms. The SMILES string of the molecule is CCCN1C2=CCCC=C2C(C)(C)C1/C=C/C=C/C=C/C=C1/N(CCO)c2ccccc2C1(C)C. The summed E-state index contributed by atoms with van der Waals surface area (Å²) in [5.41, 5.74) is 6.76. The molecule has 3 nitrogen and oxygen atoms in total. The van der Waals surface area contributed by atoms with Gasteiger partial charge in [0.15, 0.2) is 0 Å². The van der Waals surface area contributed by atoms with Crippen molar-refractivity contribution < 1.29 is 5.11 Å². The molecule has 2 aliphatic heterocycles. The van der Waals surface area contributed by atoms with Crippen LogP contribution in [-0.2, 0) is 5.41 Å². The first-order chi connectivity index (χ1) is 16.8. The number of likely N-dealkylation sites (tertiary alicyclic amines) is 1. The Kier molecular flexibility index (Phi) is 7.56. The molecular formula is C32H42N2O. The van der Waals surface area contributed by atoms with Crippen molar-refractivity contribution >= 4 is 5.69 Å². The fraction of sp³-hybridized carbons (Fsp3) is 0.438. The second-order valence-electron chi connectivity index (χ2n) is 10.9. The van der Waals surface area contributed by atoms with Crippen LogP contribution in [0.15, 0.2) is 95.9 Å². The Morgan fingerprint density at radius 3 is 2.43 bits per heavy atom. The summed E-state index contributed by atoms with van der Waals surface area (Å²) in [5.74, 6) is 0. The van der Waals surface area contributed by atoms with Gasteiger partial charge < -0.3 is 14.9 Å². The van der Waals surface area contributed by atoms with Crippen LogP contribution in [0.3, 0.4) is 0 Å². The molecule has 186 valence electrons. The minimum absolute atomic E-state index is 0.0866. The Bertz CT molecular complexity index is 1100. The topological polar surface area (TPSA) is 26.7 Å². The van der Waals surface area contributed by atoms with Crippen LogP contribution in [0.25, 0.3) is 0 Å². The maximum absolute atomic E-state index is 9.64. The number of fused-ring (bicyclic) bond motifs is 2. The molecule has 1 aromatic rings. The lowest BCUT2D eigenvalue weighted by Crippen LogP contribution is -2.35. The first-order valence-corrected chi connectivity index (χ1v) is 13.2. The average Bonchev–Trinajstić information content (AvgIpc) is 3.19. The molecule has 0 amide bonds. The molecular weight excluding hydrogens is 428 g/mol. The first kappa shape index (κ1) is 25.3. The van der Waals surface area contributed by atoms with E-state index in [2.05, 4.69) is 123 Å². The van der Waals surface area contributed by atoms with Crippen LogP contribution in [0.5, 0.6) is 0 Å². The highest BCUT2D eigenvalue weighted by Gasteiger charge is 2.45. The summed E-state index contributed by atoms with van der Waals surface area (Å²) in [6.45, 7) is 13.4. The zero-order valence-corrected chi connectivity index (χ0v) is 22.2. The standard InChI is InChI=1S/C32H42N2O/c1-6-22-33-27-18-14-12-16-25(27)31(2,3)29(33)20-10-8-7-9-11-21-30-32(4,5)26-17-13-15-19-28(26)34(30)23-24-35/h7-11,13,15-21,29,35H,6,12,14,22-24H2,1-5H3/b8-7+,11-9+,20-10+,30-21+. The highest BCUT2D eigenvalue weighted by molar-refractivity contribution is 5.70. The lowest BCUT2D eigenvalue weighted by Gasteiger charge is -2.31. The first-order valence-electron chi connectivity index (χ1n) is 13.2. The van der Waals surface area contributed by atoms with Crippen molar-refractivity contribution in [2.45, 2.75) is 65.3 Å². The third kappa shape index (κ3) is 4.71. The predicted octanol–water partition coefficient (Wildman–Crippen LogP) is 7.05. The van der Waals surface area contributed by atoms with E-state index in [-0.39, 0.29) is 17.4 Å². The van der Waals surface area contributed by atoms with Crippen LogP contribution < -0.4 is 4.90 Å². The van der Waals surface area contributed by atoms with Crippen molar-refractivity contribution in [1.82, 2.24) is 4.90 Å². The summed E-state index contributed by atoms with van der Waals surface area (Å²) in [4.78, 5) is 4.85. The zero-order valence-electron chi connectivity index (χ0n) is 22.2. The van der Waals surface area contributed by atoms with Gasteiger partial charge in [-0.1, -0.05) is 101 Å². The highest BCUT2D eigenvalue weighted by atomic mass is 16.3. The third-order valence-electron chi connectivity index (χ3n) is 7.79. The molecule has 1 fully saturated rings. The zero-order chi connectivity index (χ0) is 25.1. The monoisotopic (exact) mass is 470 g/mol. The van der Waals surface area contributed by atoms with Crippen LogP contribution in [0, 0.1) is 5.41 Å². The van der Waals surface area contributed by atoms with Crippen molar-refractivity contribution in [2.24, 2.45) is 5.41 Å².